The number of hydrogen-bond acceptors (Lipinski definition) is 0. The predicted molar refractivity (Wildman–Crippen MR) is 42.1 cm³/mol. The Morgan fingerprint density at radius 3 is 1.50 bits per heavy atom. The summed E-state index contributed by atoms with van der Waals surface area (Å²) in [5.74, 6) is 0. The van der Waals surface area contributed by atoms with Crippen molar-refractivity contribution in [1.82, 2.24) is 0 Å². The van der Waals surface area contributed by atoms with Crippen LogP contribution in [-0.2, 0) is 0 Å². The van der Waals surface area contributed by atoms with Crippen molar-refractivity contribution in [3.63, 3.8) is 0 Å². The van der Waals surface area contributed by atoms with Gasteiger partial charge in [-0.1, -0.05) is 0 Å². The topological polar surface area (TPSA) is 0 Å². The average molecular weight is 210 g/mol. The molecule has 0 radical (unpaired) electrons. The van der Waals surface area contributed by atoms with E-state index in [-0.39, 0.29) is 40.0 Å². The molecule has 2 heteroatoms. The van der Waals surface area contributed by atoms with E-state index >= 15 is 0 Å². The summed E-state index contributed by atoms with van der Waals surface area (Å²) in [5.41, 5.74) is 0. The molecule has 0 atom stereocenters. The average Bonchev–Trinajstić information content (AvgIpc) is 1.96. The molecule has 1 aromatic rings. The molecule has 1 rings (SSSR count). The second kappa shape index (κ2) is 16.2. The SMILES string of the molecule is [Br-].[CH2-]C.[Mg+2].[c-]1ccccc1. The summed E-state index contributed by atoms with van der Waals surface area (Å²) >= 11 is 0. The first-order chi connectivity index (χ1) is 4.00. The normalized spacial score (nSPS) is 5.40. The summed E-state index contributed by atoms with van der Waals surface area (Å²) in [6, 6.07) is 12.5. The maximum absolute atomic E-state index is 3.25. The molecule has 0 bridgehead atoms. The van der Waals surface area contributed by atoms with Gasteiger partial charge in [0.2, 0.25) is 0 Å². The van der Waals surface area contributed by atoms with Crippen molar-refractivity contribution in [1.29, 1.82) is 0 Å². The van der Waals surface area contributed by atoms with Crippen LogP contribution in [0.15, 0.2) is 30.3 Å². The van der Waals surface area contributed by atoms with Crippen LogP contribution in [0.3, 0.4) is 0 Å². The first kappa shape index (κ1) is 16.8. The third kappa shape index (κ3) is 11.3. The van der Waals surface area contributed by atoms with Crippen molar-refractivity contribution in [2.75, 3.05) is 0 Å². The van der Waals surface area contributed by atoms with Crippen LogP contribution >= 0.6 is 0 Å². The first-order valence-corrected chi connectivity index (χ1v) is 2.62. The van der Waals surface area contributed by atoms with Gasteiger partial charge in [0.25, 0.3) is 0 Å². The molecular weight excluding hydrogens is 200 g/mol. The second-order valence-electron chi connectivity index (χ2n) is 1.08. The molecular formula is C8H10BrMg-. The number of benzene rings is 1. The maximum atomic E-state index is 3.25. The molecule has 0 saturated carbocycles. The Morgan fingerprint density at radius 2 is 1.40 bits per heavy atom. The fourth-order valence-electron chi connectivity index (χ4n) is 0.342. The van der Waals surface area contributed by atoms with E-state index < -0.39 is 0 Å². The third-order valence-corrected chi connectivity index (χ3v) is 0.607. The molecule has 0 aliphatic heterocycles. The Kier molecular flexibility index (Phi) is 27.3. The molecule has 0 aliphatic carbocycles. The van der Waals surface area contributed by atoms with Crippen LogP contribution < -0.4 is 17.0 Å². The van der Waals surface area contributed by atoms with Gasteiger partial charge in [-0.3, -0.25) is 0 Å². The van der Waals surface area contributed by atoms with Gasteiger partial charge in [-0.15, -0.1) is 0 Å². The molecule has 0 N–H and O–H groups in total. The smallest absolute Gasteiger partial charge is 1.00 e. The van der Waals surface area contributed by atoms with Crippen LogP contribution in [0.2, 0.25) is 0 Å². The second-order valence-corrected chi connectivity index (χ2v) is 1.08. The minimum Gasteiger partial charge on any atom is -1.00 e. The predicted octanol–water partition coefficient (Wildman–Crippen LogP) is -1.05. The zero-order valence-corrected chi connectivity index (χ0v) is 9.18. The molecule has 52 valence electrons. The van der Waals surface area contributed by atoms with Crippen LogP contribution in [0, 0.1) is 13.0 Å². The summed E-state index contributed by atoms with van der Waals surface area (Å²) < 4.78 is 0. The van der Waals surface area contributed by atoms with E-state index in [4.69, 9.17) is 0 Å². The Morgan fingerprint density at radius 1 is 1.00 bits per heavy atom. The van der Waals surface area contributed by atoms with Gasteiger partial charge >= 0.3 is 23.1 Å². The molecule has 0 unspecified atom stereocenters. The Labute approximate surface area is 89.9 Å². The molecule has 0 amide bonds. The molecule has 0 aromatic heterocycles. The van der Waals surface area contributed by atoms with Crippen molar-refractivity contribution in [2.45, 2.75) is 6.92 Å². The van der Waals surface area contributed by atoms with Crippen LogP contribution in [0.25, 0.3) is 0 Å². The molecule has 0 heterocycles. The first-order valence-electron chi connectivity index (χ1n) is 2.62. The van der Waals surface area contributed by atoms with E-state index in [0.717, 1.165) is 0 Å². The van der Waals surface area contributed by atoms with Gasteiger partial charge in [-0.05, 0) is 0 Å². The van der Waals surface area contributed by atoms with Gasteiger partial charge in [0.1, 0.15) is 0 Å². The minimum absolute atomic E-state index is 0. The zero-order chi connectivity index (χ0) is 6.24. The molecule has 0 saturated heterocycles. The summed E-state index contributed by atoms with van der Waals surface area (Å²) in [4.78, 5) is 0. The van der Waals surface area contributed by atoms with E-state index in [0.29, 0.717) is 0 Å². The third-order valence-electron chi connectivity index (χ3n) is 0.607. The van der Waals surface area contributed by atoms with Crippen LogP contribution in [0.4, 0.5) is 0 Å². The molecule has 1 aromatic carbocycles. The number of halogens is 1. The van der Waals surface area contributed by atoms with Crippen LogP contribution in [0.5, 0.6) is 0 Å². The Hall–Kier alpha value is 0.466. The fourth-order valence-corrected chi connectivity index (χ4v) is 0.342. The quantitative estimate of drug-likeness (QED) is 0.379. The van der Waals surface area contributed by atoms with Gasteiger partial charge in [-0.25, -0.2) is 0 Å². The summed E-state index contributed by atoms with van der Waals surface area (Å²) in [5, 5.41) is 0. The molecule has 10 heavy (non-hydrogen) atoms. The van der Waals surface area contributed by atoms with Gasteiger partial charge in [0.05, 0.1) is 0 Å². The van der Waals surface area contributed by atoms with E-state index in [2.05, 4.69) is 13.0 Å². The zero-order valence-electron chi connectivity index (χ0n) is 6.18. The van der Waals surface area contributed by atoms with Gasteiger partial charge in [-0.2, -0.15) is 43.3 Å². The molecule has 0 nitrogen and oxygen atoms in total. The van der Waals surface area contributed by atoms with Crippen molar-refractivity contribution >= 4 is 23.1 Å². The molecule has 0 aliphatic rings. The number of rotatable bonds is 0. The van der Waals surface area contributed by atoms with Gasteiger partial charge in [0.15, 0.2) is 0 Å². The fraction of sp³-hybridized carbons (Fsp3) is 0.125. The van der Waals surface area contributed by atoms with E-state index in [1.54, 1.807) is 6.92 Å². The van der Waals surface area contributed by atoms with Crippen molar-refractivity contribution in [2.24, 2.45) is 0 Å². The van der Waals surface area contributed by atoms with Gasteiger partial charge < -0.3 is 23.9 Å². The summed E-state index contributed by atoms with van der Waals surface area (Å²) in [6.07, 6.45) is 0. The number of hydrogen-bond donors (Lipinski definition) is 0. The standard InChI is InChI=1S/C6H5.C2H5.BrH.Mg/c1-2-4-6-5-3-1;1-2;;/h1-5H;1H2,2H3;1H;/q2*-1;;+2/p-1. The molecule has 0 fully saturated rings. The summed E-state index contributed by atoms with van der Waals surface area (Å²) in [7, 11) is 0. The Bertz CT molecular complexity index is 81.2. The van der Waals surface area contributed by atoms with E-state index in [9.17, 15) is 0 Å². The van der Waals surface area contributed by atoms with Crippen molar-refractivity contribution in [3.8, 4) is 0 Å². The molecule has 0 spiro atoms. The largest absolute Gasteiger partial charge is 2.00 e. The van der Waals surface area contributed by atoms with Crippen LogP contribution in [0.1, 0.15) is 6.92 Å². The van der Waals surface area contributed by atoms with E-state index in [1.165, 1.54) is 0 Å². The van der Waals surface area contributed by atoms with Crippen LogP contribution in [-0.4, -0.2) is 23.1 Å². The van der Waals surface area contributed by atoms with Gasteiger partial charge in [0, 0.05) is 0 Å². The Balaban J connectivity index is -0.000000114. The maximum Gasteiger partial charge on any atom is 2.00 e. The minimum atomic E-state index is 0. The van der Waals surface area contributed by atoms with E-state index in [1.807, 2.05) is 30.3 Å². The monoisotopic (exact) mass is 209 g/mol. The van der Waals surface area contributed by atoms with Crippen molar-refractivity contribution in [3.05, 3.63) is 43.3 Å². The van der Waals surface area contributed by atoms with Crippen molar-refractivity contribution < 1.29 is 17.0 Å². The summed E-state index contributed by atoms with van der Waals surface area (Å²) in [6.45, 7) is 5.00.